The number of imidazole rings is 1. The fraction of sp³-hybridized carbons (Fsp3) is 0.238. The highest BCUT2D eigenvalue weighted by Crippen LogP contribution is 2.28. The van der Waals surface area contributed by atoms with Crippen molar-refractivity contribution in [3.63, 3.8) is 0 Å². The van der Waals surface area contributed by atoms with E-state index in [1.165, 1.54) is 5.56 Å². The zero-order chi connectivity index (χ0) is 19.9. The molecular formula is C21H26IN5O2. The van der Waals surface area contributed by atoms with E-state index in [1.54, 1.807) is 14.2 Å². The molecule has 1 heterocycles. The molecule has 0 aliphatic carbocycles. The van der Waals surface area contributed by atoms with E-state index in [2.05, 4.69) is 32.0 Å². The van der Waals surface area contributed by atoms with Crippen LogP contribution in [-0.4, -0.2) is 29.7 Å². The standard InChI is InChI=1S/C21H25N5O2.HI/c1-15-23-9-10-26(15)14-17-6-4-5-16(11-17)13-24-21(22)25-19-12-18(27-2)7-8-20(19)28-3;/h4-12H,13-14H2,1-3H3,(H3,22,24,25);1H. The van der Waals surface area contributed by atoms with Gasteiger partial charge in [-0.05, 0) is 30.2 Å². The van der Waals surface area contributed by atoms with Gasteiger partial charge in [0.15, 0.2) is 5.96 Å². The quantitative estimate of drug-likeness (QED) is 0.289. The second-order valence-corrected chi connectivity index (χ2v) is 6.31. The van der Waals surface area contributed by atoms with Crippen molar-refractivity contribution in [3.8, 4) is 11.5 Å². The van der Waals surface area contributed by atoms with Crippen molar-refractivity contribution in [2.45, 2.75) is 20.0 Å². The molecule has 0 saturated heterocycles. The molecule has 0 saturated carbocycles. The van der Waals surface area contributed by atoms with Crippen molar-refractivity contribution < 1.29 is 9.47 Å². The number of nitrogens with two attached hydrogens (primary N) is 1. The van der Waals surface area contributed by atoms with Crippen LogP contribution in [0.4, 0.5) is 5.69 Å². The lowest BCUT2D eigenvalue weighted by molar-refractivity contribution is 0.405. The van der Waals surface area contributed by atoms with Gasteiger partial charge >= 0.3 is 0 Å². The maximum Gasteiger partial charge on any atom is 0.193 e. The van der Waals surface area contributed by atoms with Gasteiger partial charge in [-0.25, -0.2) is 9.98 Å². The Balaban J connectivity index is 0.00000300. The lowest BCUT2D eigenvalue weighted by Gasteiger charge is -2.12. The number of rotatable bonds is 7. The van der Waals surface area contributed by atoms with E-state index in [1.807, 2.05) is 49.6 Å². The van der Waals surface area contributed by atoms with Crippen molar-refractivity contribution in [1.29, 1.82) is 0 Å². The minimum atomic E-state index is 0. The van der Waals surface area contributed by atoms with Crippen LogP contribution >= 0.6 is 24.0 Å². The topological polar surface area (TPSA) is 86.7 Å². The highest BCUT2D eigenvalue weighted by atomic mass is 127. The van der Waals surface area contributed by atoms with E-state index in [0.29, 0.717) is 29.7 Å². The number of nitrogens with one attached hydrogen (secondary N) is 1. The van der Waals surface area contributed by atoms with Crippen LogP contribution < -0.4 is 20.5 Å². The fourth-order valence-electron chi connectivity index (χ4n) is 2.86. The summed E-state index contributed by atoms with van der Waals surface area (Å²) < 4.78 is 12.7. The van der Waals surface area contributed by atoms with Crippen LogP contribution in [0, 0.1) is 6.92 Å². The summed E-state index contributed by atoms with van der Waals surface area (Å²) in [7, 11) is 3.22. The van der Waals surface area contributed by atoms with Crippen LogP contribution in [0.2, 0.25) is 0 Å². The van der Waals surface area contributed by atoms with Gasteiger partial charge < -0.3 is 25.1 Å². The number of benzene rings is 2. The van der Waals surface area contributed by atoms with Gasteiger partial charge in [-0.1, -0.05) is 24.3 Å². The molecule has 0 aliphatic rings. The molecule has 0 spiro atoms. The summed E-state index contributed by atoms with van der Waals surface area (Å²) in [5.74, 6) is 2.67. The summed E-state index contributed by atoms with van der Waals surface area (Å²) in [6, 6.07) is 13.7. The van der Waals surface area contributed by atoms with Gasteiger partial charge in [0, 0.05) is 25.0 Å². The average Bonchev–Trinajstić information content (AvgIpc) is 3.11. The van der Waals surface area contributed by atoms with Crippen molar-refractivity contribution in [2.24, 2.45) is 10.7 Å². The van der Waals surface area contributed by atoms with Gasteiger partial charge in [-0.3, -0.25) is 0 Å². The Labute approximate surface area is 188 Å². The van der Waals surface area contributed by atoms with Crippen molar-refractivity contribution in [1.82, 2.24) is 9.55 Å². The Morgan fingerprint density at radius 1 is 1.14 bits per heavy atom. The van der Waals surface area contributed by atoms with Gasteiger partial charge in [0.05, 0.1) is 26.5 Å². The molecule has 29 heavy (non-hydrogen) atoms. The first-order valence-corrected chi connectivity index (χ1v) is 8.93. The van der Waals surface area contributed by atoms with Crippen molar-refractivity contribution >= 4 is 35.6 Å². The minimum absolute atomic E-state index is 0. The van der Waals surface area contributed by atoms with E-state index in [-0.39, 0.29) is 24.0 Å². The van der Waals surface area contributed by atoms with E-state index < -0.39 is 0 Å². The van der Waals surface area contributed by atoms with E-state index >= 15 is 0 Å². The lowest BCUT2D eigenvalue weighted by atomic mass is 10.1. The number of halogens is 1. The fourth-order valence-corrected chi connectivity index (χ4v) is 2.86. The van der Waals surface area contributed by atoms with E-state index in [9.17, 15) is 0 Å². The third-order valence-electron chi connectivity index (χ3n) is 4.37. The van der Waals surface area contributed by atoms with Crippen molar-refractivity contribution in [2.75, 3.05) is 19.5 Å². The van der Waals surface area contributed by atoms with Gasteiger partial charge in [0.2, 0.25) is 0 Å². The third kappa shape index (κ3) is 6.11. The molecular weight excluding hydrogens is 481 g/mol. The number of hydrogen-bond acceptors (Lipinski definition) is 4. The maximum absolute atomic E-state index is 6.07. The molecule has 3 rings (SSSR count). The van der Waals surface area contributed by atoms with E-state index in [4.69, 9.17) is 15.2 Å². The number of nitrogens with zero attached hydrogens (tertiary/aromatic N) is 3. The zero-order valence-electron chi connectivity index (χ0n) is 16.8. The van der Waals surface area contributed by atoms with Gasteiger partial charge in [-0.2, -0.15) is 0 Å². The van der Waals surface area contributed by atoms with Gasteiger partial charge in [-0.15, -0.1) is 24.0 Å². The van der Waals surface area contributed by atoms with Gasteiger partial charge in [0.25, 0.3) is 0 Å². The Bertz CT molecular complexity index is 971. The molecule has 0 radical (unpaired) electrons. The maximum atomic E-state index is 6.07. The largest absolute Gasteiger partial charge is 0.497 e. The first-order chi connectivity index (χ1) is 13.6. The molecule has 8 heteroatoms. The Hall–Kier alpha value is -2.75. The summed E-state index contributed by atoms with van der Waals surface area (Å²) in [5.41, 5.74) is 9.04. The highest BCUT2D eigenvalue weighted by molar-refractivity contribution is 14.0. The number of ether oxygens (including phenoxy) is 2. The molecule has 154 valence electrons. The molecule has 0 unspecified atom stereocenters. The first-order valence-electron chi connectivity index (χ1n) is 8.93. The first kappa shape index (κ1) is 22.5. The average molecular weight is 507 g/mol. The van der Waals surface area contributed by atoms with Crippen LogP contribution in [0.3, 0.4) is 0 Å². The molecule has 0 aliphatic heterocycles. The minimum Gasteiger partial charge on any atom is -0.497 e. The number of methoxy groups -OCH3 is 2. The van der Waals surface area contributed by atoms with Crippen LogP contribution in [0.15, 0.2) is 59.9 Å². The number of guanidine groups is 1. The number of aromatic nitrogens is 2. The zero-order valence-corrected chi connectivity index (χ0v) is 19.1. The Morgan fingerprint density at radius 3 is 2.62 bits per heavy atom. The SMILES string of the molecule is COc1ccc(OC)c(NC(N)=NCc2cccc(Cn3ccnc3C)c2)c1.I. The molecule has 0 bridgehead atoms. The smallest absolute Gasteiger partial charge is 0.193 e. The summed E-state index contributed by atoms with van der Waals surface area (Å²) in [6.07, 6.45) is 3.78. The molecule has 3 N–H and O–H groups in total. The molecule has 7 nitrogen and oxygen atoms in total. The summed E-state index contributed by atoms with van der Waals surface area (Å²) in [4.78, 5) is 8.70. The molecule has 2 aromatic carbocycles. The highest BCUT2D eigenvalue weighted by Gasteiger charge is 2.06. The number of anilines is 1. The Kier molecular flexibility index (Phi) is 8.32. The van der Waals surface area contributed by atoms with Crippen LogP contribution in [0.5, 0.6) is 11.5 Å². The van der Waals surface area contributed by atoms with Gasteiger partial charge in [0.1, 0.15) is 17.3 Å². The molecule has 0 fully saturated rings. The summed E-state index contributed by atoms with van der Waals surface area (Å²) in [5, 5.41) is 3.08. The molecule has 0 amide bonds. The summed E-state index contributed by atoms with van der Waals surface area (Å²) >= 11 is 0. The second-order valence-electron chi connectivity index (χ2n) is 6.31. The van der Waals surface area contributed by atoms with E-state index in [0.717, 1.165) is 17.9 Å². The number of aliphatic imine (C=N–C) groups is 1. The molecule has 1 aromatic heterocycles. The molecule has 0 atom stereocenters. The van der Waals surface area contributed by atoms with Crippen LogP contribution in [0.25, 0.3) is 0 Å². The number of aryl methyl sites for hydroxylation is 1. The predicted molar refractivity (Wildman–Crippen MR) is 126 cm³/mol. The van der Waals surface area contributed by atoms with Crippen LogP contribution in [-0.2, 0) is 13.1 Å². The van der Waals surface area contributed by atoms with Crippen LogP contribution in [0.1, 0.15) is 17.0 Å². The normalized spacial score (nSPS) is 10.9. The predicted octanol–water partition coefficient (Wildman–Crippen LogP) is 3.80. The van der Waals surface area contributed by atoms with Crippen molar-refractivity contribution in [3.05, 3.63) is 71.8 Å². The number of hydrogen-bond donors (Lipinski definition) is 2. The Morgan fingerprint density at radius 2 is 1.93 bits per heavy atom. The second kappa shape index (κ2) is 10.7. The third-order valence-corrected chi connectivity index (χ3v) is 4.37. The summed E-state index contributed by atoms with van der Waals surface area (Å²) in [6.45, 7) is 3.24. The molecule has 3 aromatic rings. The monoisotopic (exact) mass is 507 g/mol. The lowest BCUT2D eigenvalue weighted by Crippen LogP contribution is -2.23.